The van der Waals surface area contributed by atoms with E-state index in [2.05, 4.69) is 5.32 Å². The van der Waals surface area contributed by atoms with Crippen molar-refractivity contribution >= 4 is 23.2 Å². The van der Waals surface area contributed by atoms with Crippen LogP contribution in [0, 0.1) is 6.92 Å². The van der Waals surface area contributed by atoms with Gasteiger partial charge in [-0.15, -0.1) is 0 Å². The van der Waals surface area contributed by atoms with E-state index in [4.69, 9.17) is 5.11 Å². The Balaban J connectivity index is 2.62. The molecule has 2 N–H and O–H groups in total. The average Bonchev–Trinajstić information content (AvgIpc) is 2.62. The van der Waals surface area contributed by atoms with E-state index in [0.717, 1.165) is 5.56 Å². The summed E-state index contributed by atoms with van der Waals surface area (Å²) in [5, 5.41) is 15.1. The molecule has 1 aromatic rings. The number of amides is 1. The highest BCUT2D eigenvalue weighted by Crippen LogP contribution is 2.14. The third-order valence-corrected chi connectivity index (χ3v) is 3.21. The third-order valence-electron chi connectivity index (χ3n) is 2.35. The maximum absolute atomic E-state index is 11.8. The average molecular weight is 241 g/mol. The second-order valence-electron chi connectivity index (χ2n) is 3.64. The molecule has 0 spiro atoms. The molecule has 0 aromatic carbocycles. The first-order chi connectivity index (χ1) is 7.54. The molecule has 16 heavy (non-hydrogen) atoms. The van der Waals surface area contributed by atoms with Crippen molar-refractivity contribution in [1.82, 2.24) is 5.32 Å². The highest BCUT2D eigenvalue weighted by atomic mass is 32.1. The van der Waals surface area contributed by atoms with Crippen molar-refractivity contribution in [3.8, 4) is 0 Å². The molecule has 0 aliphatic carbocycles. The van der Waals surface area contributed by atoms with Crippen molar-refractivity contribution in [2.45, 2.75) is 32.7 Å². The molecule has 0 saturated heterocycles. The minimum atomic E-state index is -0.894. The quantitative estimate of drug-likeness (QED) is 0.829. The first-order valence-corrected chi connectivity index (χ1v) is 6.04. The number of rotatable bonds is 5. The molecular formula is C11H15NO3S. The molecule has 88 valence electrons. The SMILES string of the molecule is CCC(CC(=O)O)NC(=O)c1cscc1C. The summed E-state index contributed by atoms with van der Waals surface area (Å²) in [6, 6.07) is -0.302. The summed E-state index contributed by atoms with van der Waals surface area (Å²) < 4.78 is 0. The Kier molecular flexibility index (Phi) is 4.49. The van der Waals surface area contributed by atoms with Crippen LogP contribution in [0.25, 0.3) is 0 Å². The predicted octanol–water partition coefficient (Wildman–Crippen LogP) is 2.04. The Morgan fingerprint density at radius 3 is 2.62 bits per heavy atom. The van der Waals surface area contributed by atoms with E-state index in [1.54, 1.807) is 5.38 Å². The van der Waals surface area contributed by atoms with Gasteiger partial charge in [0.1, 0.15) is 0 Å². The van der Waals surface area contributed by atoms with E-state index in [9.17, 15) is 9.59 Å². The first-order valence-electron chi connectivity index (χ1n) is 5.10. The number of carbonyl (C=O) groups is 2. The van der Waals surface area contributed by atoms with Crippen LogP contribution in [0.1, 0.15) is 35.7 Å². The maximum atomic E-state index is 11.8. The molecule has 0 radical (unpaired) electrons. The number of aryl methyl sites for hydroxylation is 1. The molecule has 0 aliphatic rings. The van der Waals surface area contributed by atoms with Gasteiger partial charge in [-0.25, -0.2) is 0 Å². The lowest BCUT2D eigenvalue weighted by Gasteiger charge is -2.14. The largest absolute Gasteiger partial charge is 0.481 e. The number of hydrogen-bond acceptors (Lipinski definition) is 3. The summed E-state index contributed by atoms with van der Waals surface area (Å²) in [6.07, 6.45) is 0.576. The summed E-state index contributed by atoms with van der Waals surface area (Å²) in [5.74, 6) is -1.08. The zero-order valence-corrected chi connectivity index (χ0v) is 10.1. The maximum Gasteiger partial charge on any atom is 0.305 e. The summed E-state index contributed by atoms with van der Waals surface area (Å²) >= 11 is 1.47. The fraction of sp³-hybridized carbons (Fsp3) is 0.455. The molecular weight excluding hydrogens is 226 g/mol. The number of hydrogen-bond donors (Lipinski definition) is 2. The monoisotopic (exact) mass is 241 g/mol. The lowest BCUT2D eigenvalue weighted by Crippen LogP contribution is -2.36. The van der Waals surface area contributed by atoms with E-state index in [1.807, 2.05) is 19.2 Å². The third kappa shape index (κ3) is 3.34. The van der Waals surface area contributed by atoms with Crippen molar-refractivity contribution in [3.05, 3.63) is 21.9 Å². The van der Waals surface area contributed by atoms with E-state index >= 15 is 0 Å². The fourth-order valence-corrected chi connectivity index (χ4v) is 2.19. The number of carboxylic acids is 1. The van der Waals surface area contributed by atoms with Gasteiger partial charge >= 0.3 is 5.97 Å². The zero-order chi connectivity index (χ0) is 12.1. The van der Waals surface area contributed by atoms with Gasteiger partial charge in [0.05, 0.1) is 12.0 Å². The van der Waals surface area contributed by atoms with Crippen molar-refractivity contribution in [2.75, 3.05) is 0 Å². The van der Waals surface area contributed by atoms with Gasteiger partial charge in [0.2, 0.25) is 0 Å². The van der Waals surface area contributed by atoms with Gasteiger partial charge in [0.25, 0.3) is 5.91 Å². The Morgan fingerprint density at radius 2 is 2.19 bits per heavy atom. The van der Waals surface area contributed by atoms with Gasteiger partial charge in [0.15, 0.2) is 0 Å². The van der Waals surface area contributed by atoms with Crippen LogP contribution < -0.4 is 5.32 Å². The summed E-state index contributed by atoms with van der Waals surface area (Å²) in [5.41, 5.74) is 1.56. The second kappa shape index (κ2) is 5.65. The van der Waals surface area contributed by atoms with Gasteiger partial charge < -0.3 is 10.4 Å². The van der Waals surface area contributed by atoms with Crippen molar-refractivity contribution in [2.24, 2.45) is 0 Å². The molecule has 5 heteroatoms. The summed E-state index contributed by atoms with van der Waals surface area (Å²) in [4.78, 5) is 22.3. The van der Waals surface area contributed by atoms with E-state index < -0.39 is 5.97 Å². The Labute approximate surface area is 98.3 Å². The number of aliphatic carboxylic acids is 1. The van der Waals surface area contributed by atoms with Gasteiger partial charge in [-0.3, -0.25) is 9.59 Å². The van der Waals surface area contributed by atoms with E-state index in [1.165, 1.54) is 11.3 Å². The van der Waals surface area contributed by atoms with Crippen LogP contribution >= 0.6 is 11.3 Å². The Hall–Kier alpha value is -1.36. The summed E-state index contributed by atoms with van der Waals surface area (Å²) in [7, 11) is 0. The van der Waals surface area contributed by atoms with E-state index in [0.29, 0.717) is 12.0 Å². The van der Waals surface area contributed by atoms with Crippen molar-refractivity contribution < 1.29 is 14.7 Å². The number of carboxylic acid groups (broad SMARTS) is 1. The molecule has 0 bridgehead atoms. The molecule has 1 rings (SSSR count). The van der Waals surface area contributed by atoms with Crippen molar-refractivity contribution in [3.63, 3.8) is 0 Å². The molecule has 1 unspecified atom stereocenters. The van der Waals surface area contributed by atoms with Crippen LogP contribution in [0.3, 0.4) is 0 Å². The fourth-order valence-electron chi connectivity index (χ4n) is 1.36. The molecule has 4 nitrogen and oxygen atoms in total. The molecule has 1 heterocycles. The minimum Gasteiger partial charge on any atom is -0.481 e. The molecule has 1 aromatic heterocycles. The Morgan fingerprint density at radius 1 is 1.50 bits per heavy atom. The van der Waals surface area contributed by atoms with Gasteiger partial charge in [-0.1, -0.05) is 6.92 Å². The van der Waals surface area contributed by atoms with Gasteiger partial charge in [-0.2, -0.15) is 11.3 Å². The molecule has 0 saturated carbocycles. The number of thiophene rings is 1. The molecule has 1 amide bonds. The van der Waals surface area contributed by atoms with E-state index in [-0.39, 0.29) is 18.4 Å². The van der Waals surface area contributed by atoms with Crippen LogP contribution in [-0.2, 0) is 4.79 Å². The predicted molar refractivity (Wildman–Crippen MR) is 62.9 cm³/mol. The second-order valence-corrected chi connectivity index (χ2v) is 4.39. The summed E-state index contributed by atoms with van der Waals surface area (Å²) in [6.45, 7) is 3.72. The van der Waals surface area contributed by atoms with Crippen LogP contribution in [0.15, 0.2) is 10.8 Å². The lowest BCUT2D eigenvalue weighted by atomic mass is 10.1. The van der Waals surface area contributed by atoms with Crippen LogP contribution in [0.5, 0.6) is 0 Å². The molecule has 1 atom stereocenters. The normalized spacial score (nSPS) is 12.1. The highest BCUT2D eigenvalue weighted by Gasteiger charge is 2.16. The smallest absolute Gasteiger partial charge is 0.305 e. The molecule has 0 aliphatic heterocycles. The Bertz CT molecular complexity index is 386. The number of nitrogens with one attached hydrogen (secondary N) is 1. The molecule has 0 fully saturated rings. The van der Waals surface area contributed by atoms with Crippen LogP contribution in [0.4, 0.5) is 0 Å². The number of carbonyl (C=O) groups excluding carboxylic acids is 1. The lowest BCUT2D eigenvalue weighted by molar-refractivity contribution is -0.137. The first kappa shape index (κ1) is 12.7. The van der Waals surface area contributed by atoms with Gasteiger partial charge in [-0.05, 0) is 24.3 Å². The van der Waals surface area contributed by atoms with Gasteiger partial charge in [0, 0.05) is 11.4 Å². The zero-order valence-electron chi connectivity index (χ0n) is 9.32. The standard InChI is InChI=1S/C11H15NO3S/c1-3-8(4-10(13)14)12-11(15)9-6-16-5-7(9)2/h5-6,8H,3-4H2,1-2H3,(H,12,15)(H,13,14). The minimum absolute atomic E-state index is 0.0363. The highest BCUT2D eigenvalue weighted by molar-refractivity contribution is 7.08. The van der Waals surface area contributed by atoms with Crippen molar-refractivity contribution in [1.29, 1.82) is 0 Å². The van der Waals surface area contributed by atoms with Crippen LogP contribution in [-0.4, -0.2) is 23.0 Å². The van der Waals surface area contributed by atoms with Crippen LogP contribution in [0.2, 0.25) is 0 Å². The topological polar surface area (TPSA) is 66.4 Å².